The number of rotatable bonds is 79. The first kappa shape index (κ1) is 98.1. The van der Waals surface area contributed by atoms with Crippen molar-refractivity contribution < 1.29 is 80.2 Å². The molecule has 4 unspecified atom stereocenters. The van der Waals surface area contributed by atoms with Crippen LogP contribution >= 0.6 is 15.6 Å². The van der Waals surface area contributed by atoms with E-state index in [9.17, 15) is 43.2 Å². The molecule has 3 N–H and O–H groups in total. The number of phosphoric acid groups is 2. The van der Waals surface area contributed by atoms with E-state index in [2.05, 4.69) is 48.5 Å². The third-order valence-corrected chi connectivity index (χ3v) is 21.5. The van der Waals surface area contributed by atoms with E-state index in [1.54, 1.807) is 0 Å². The van der Waals surface area contributed by atoms with Crippen molar-refractivity contribution in [2.24, 2.45) is 17.8 Å². The quantitative estimate of drug-likeness (QED) is 0.0222. The lowest BCUT2D eigenvalue weighted by Crippen LogP contribution is -2.30. The Labute approximate surface area is 613 Å². The van der Waals surface area contributed by atoms with Crippen molar-refractivity contribution in [3.8, 4) is 0 Å². The van der Waals surface area contributed by atoms with Crippen molar-refractivity contribution >= 4 is 39.5 Å². The number of phosphoric ester groups is 2. The minimum absolute atomic E-state index is 0.104. The number of esters is 4. The number of aliphatic hydroxyl groups excluding tert-OH is 1. The Morgan fingerprint density at radius 1 is 0.290 bits per heavy atom. The summed E-state index contributed by atoms with van der Waals surface area (Å²) in [5.41, 5.74) is 0. The fourth-order valence-electron chi connectivity index (χ4n) is 12.4. The van der Waals surface area contributed by atoms with E-state index < -0.39 is 97.5 Å². The normalized spacial score (nSPS) is 14.5. The van der Waals surface area contributed by atoms with Gasteiger partial charge in [0.25, 0.3) is 0 Å². The zero-order chi connectivity index (χ0) is 73.7. The Balaban J connectivity index is 5.23. The Morgan fingerprint density at radius 2 is 0.510 bits per heavy atom. The number of ether oxygens (including phenoxy) is 4. The highest BCUT2D eigenvalue weighted by Gasteiger charge is 2.30. The van der Waals surface area contributed by atoms with Gasteiger partial charge in [0.1, 0.15) is 19.3 Å². The Hall–Kier alpha value is -1.94. The van der Waals surface area contributed by atoms with E-state index >= 15 is 0 Å². The van der Waals surface area contributed by atoms with E-state index in [1.807, 2.05) is 0 Å². The number of aliphatic hydroxyl groups is 1. The van der Waals surface area contributed by atoms with Gasteiger partial charge in [-0.2, -0.15) is 0 Å². The second kappa shape index (κ2) is 71.3. The van der Waals surface area contributed by atoms with Gasteiger partial charge in [0.15, 0.2) is 12.2 Å². The molecule has 0 aliphatic heterocycles. The van der Waals surface area contributed by atoms with Gasteiger partial charge in [-0.25, -0.2) is 9.13 Å². The van der Waals surface area contributed by atoms with Crippen LogP contribution < -0.4 is 0 Å². The van der Waals surface area contributed by atoms with Crippen LogP contribution in [0.3, 0.4) is 0 Å². The summed E-state index contributed by atoms with van der Waals surface area (Å²) < 4.78 is 68.7. The molecule has 0 spiro atoms. The monoisotopic (exact) mass is 1470 g/mol. The molecule has 0 saturated carbocycles. The summed E-state index contributed by atoms with van der Waals surface area (Å²) in [6.45, 7) is 11.9. The molecule has 0 saturated heterocycles. The van der Waals surface area contributed by atoms with Gasteiger partial charge in [-0.1, -0.05) is 370 Å². The topological polar surface area (TPSA) is 237 Å². The highest BCUT2D eigenvalue weighted by atomic mass is 31.2. The average molecular weight is 1470 g/mol. The highest BCUT2D eigenvalue weighted by molar-refractivity contribution is 7.47. The number of hydrogen-bond acceptors (Lipinski definition) is 15. The second-order valence-corrected chi connectivity index (χ2v) is 33.0. The van der Waals surface area contributed by atoms with Crippen LogP contribution in [0, 0.1) is 17.8 Å². The fraction of sp³-hybridized carbons (Fsp3) is 0.951. The lowest BCUT2D eigenvalue weighted by atomic mass is 9.99. The smallest absolute Gasteiger partial charge is 0.462 e. The molecule has 0 amide bonds. The van der Waals surface area contributed by atoms with E-state index in [0.717, 1.165) is 114 Å². The van der Waals surface area contributed by atoms with Gasteiger partial charge in [-0.05, 0) is 43.4 Å². The first-order chi connectivity index (χ1) is 48.3. The summed E-state index contributed by atoms with van der Waals surface area (Å²) >= 11 is 0. The molecule has 0 aliphatic carbocycles. The van der Waals surface area contributed by atoms with E-state index in [1.165, 1.54) is 225 Å². The van der Waals surface area contributed by atoms with Crippen LogP contribution in [-0.4, -0.2) is 96.7 Å². The first-order valence-corrected chi connectivity index (χ1v) is 44.9. The zero-order valence-electron chi connectivity index (χ0n) is 65.7. The first-order valence-electron chi connectivity index (χ1n) is 41.9. The van der Waals surface area contributed by atoms with Crippen molar-refractivity contribution in [3.05, 3.63) is 0 Å². The maximum Gasteiger partial charge on any atom is 0.472 e. The Bertz CT molecular complexity index is 1940. The lowest BCUT2D eigenvalue weighted by molar-refractivity contribution is -0.161. The molecule has 0 aromatic heterocycles. The molecule has 0 heterocycles. The molecule has 19 heteroatoms. The van der Waals surface area contributed by atoms with Gasteiger partial charge in [0.2, 0.25) is 0 Å². The number of carbonyl (C=O) groups excluding carboxylic acids is 4. The molecule has 0 radical (unpaired) electrons. The maximum atomic E-state index is 13.1. The van der Waals surface area contributed by atoms with Gasteiger partial charge in [0, 0.05) is 25.7 Å². The fourth-order valence-corrected chi connectivity index (χ4v) is 14.0. The van der Waals surface area contributed by atoms with E-state index in [0.29, 0.717) is 25.7 Å². The van der Waals surface area contributed by atoms with Gasteiger partial charge >= 0.3 is 39.5 Å². The second-order valence-electron chi connectivity index (χ2n) is 30.1. The van der Waals surface area contributed by atoms with Crippen LogP contribution in [0.5, 0.6) is 0 Å². The largest absolute Gasteiger partial charge is 0.472 e. The molecule has 17 nitrogen and oxygen atoms in total. The summed E-state index contributed by atoms with van der Waals surface area (Å²) in [5, 5.41) is 10.6. The number of carbonyl (C=O) groups is 4. The average Bonchev–Trinajstić information content (AvgIpc) is 0.989. The maximum absolute atomic E-state index is 13.1. The van der Waals surface area contributed by atoms with Crippen molar-refractivity contribution in [1.82, 2.24) is 0 Å². The molecule has 0 bridgehead atoms. The highest BCUT2D eigenvalue weighted by Crippen LogP contribution is 2.45. The molecule has 0 fully saturated rings. The molecule has 0 aliphatic rings. The summed E-state index contributed by atoms with van der Waals surface area (Å²) in [7, 11) is -9.92. The van der Waals surface area contributed by atoms with E-state index in [-0.39, 0.29) is 25.7 Å². The summed E-state index contributed by atoms with van der Waals surface area (Å²) in [6, 6.07) is 0. The SMILES string of the molecule is CCCCCCCCCCCCCCCCCCCCCCC(=O)O[C@H](COC(=O)CCCCCCCCCCCCCCCCCC(C)C)COP(=O)(O)OC[C@@H](O)COP(=O)(O)OC[C@@H](COC(=O)CCCCCCCCC(C)CC)OC(=O)CCCCCCCCCCC(C)CC. The standard InChI is InChI=1S/C81H158O17P2/c1-8-11-12-13-14-15-16-17-18-19-20-21-22-25-29-32-35-41-50-57-64-80(85)97-76(68-91-78(83)62-55-48-40-34-31-28-26-23-24-27-30-33-38-45-52-59-72(4)5)70-95-99(87,88)93-66-75(82)67-94-100(89,90)96-71-77(69-92-79(84)63-56-49-44-43-47-54-61-74(7)10-3)98-81(86)65-58-51-42-37-36-39-46-53-60-73(6)9-2/h72-77,82H,8-71H2,1-7H3,(H,87,88)(H,89,90)/t73?,74?,75-,76-,77-/m1/s1. The van der Waals surface area contributed by atoms with Crippen LogP contribution in [0.4, 0.5) is 0 Å². The van der Waals surface area contributed by atoms with Crippen molar-refractivity contribution in [3.63, 3.8) is 0 Å². The molecule has 7 atom stereocenters. The van der Waals surface area contributed by atoms with Gasteiger partial charge in [-0.3, -0.25) is 37.3 Å². The van der Waals surface area contributed by atoms with Crippen molar-refractivity contribution in [1.29, 1.82) is 0 Å². The number of unbranched alkanes of at least 4 members (excludes halogenated alkanes) is 45. The zero-order valence-corrected chi connectivity index (χ0v) is 67.5. The Morgan fingerprint density at radius 3 is 0.760 bits per heavy atom. The number of hydrogen-bond donors (Lipinski definition) is 3. The summed E-state index contributed by atoms with van der Waals surface area (Å²) in [4.78, 5) is 73.0. The van der Waals surface area contributed by atoms with Crippen molar-refractivity contribution in [2.75, 3.05) is 39.6 Å². The van der Waals surface area contributed by atoms with Crippen LogP contribution in [0.15, 0.2) is 0 Å². The predicted octanol–water partition coefficient (Wildman–Crippen LogP) is 24.1. The van der Waals surface area contributed by atoms with Crippen LogP contribution in [0.1, 0.15) is 421 Å². The molecule has 100 heavy (non-hydrogen) atoms. The molecular formula is C81H158O17P2. The van der Waals surface area contributed by atoms with E-state index in [4.69, 9.17) is 37.0 Å². The van der Waals surface area contributed by atoms with Crippen LogP contribution in [0.25, 0.3) is 0 Å². The lowest BCUT2D eigenvalue weighted by Gasteiger charge is -2.21. The van der Waals surface area contributed by atoms with Crippen LogP contribution in [0.2, 0.25) is 0 Å². The van der Waals surface area contributed by atoms with Gasteiger partial charge in [-0.15, -0.1) is 0 Å². The Kier molecular flexibility index (Phi) is 69.9. The van der Waals surface area contributed by atoms with Gasteiger partial charge < -0.3 is 33.8 Å². The molecule has 0 rings (SSSR count). The molecular weight excluding hydrogens is 1310 g/mol. The predicted molar refractivity (Wildman–Crippen MR) is 409 cm³/mol. The van der Waals surface area contributed by atoms with Crippen LogP contribution in [-0.2, 0) is 65.4 Å². The molecule has 0 aromatic carbocycles. The third kappa shape index (κ3) is 71.7. The van der Waals surface area contributed by atoms with Gasteiger partial charge in [0.05, 0.1) is 26.4 Å². The summed E-state index contributed by atoms with van der Waals surface area (Å²) in [6.07, 6.45) is 59.8. The summed E-state index contributed by atoms with van der Waals surface area (Å²) in [5.74, 6) is 0.192. The minimum atomic E-state index is -4.96. The minimum Gasteiger partial charge on any atom is -0.462 e. The molecule has 594 valence electrons. The third-order valence-electron chi connectivity index (χ3n) is 19.6. The van der Waals surface area contributed by atoms with Crippen molar-refractivity contribution in [2.45, 2.75) is 439 Å². The molecule has 0 aromatic rings.